The molecule has 3 nitrogen and oxygen atoms in total. The molecule has 0 amide bonds. The van der Waals surface area contributed by atoms with Gasteiger partial charge in [0.05, 0.1) is 19.4 Å². The van der Waals surface area contributed by atoms with Crippen LogP contribution in [0.15, 0.2) is 48.5 Å². The molecule has 0 aliphatic rings. The molecule has 0 saturated heterocycles. The predicted octanol–water partition coefficient (Wildman–Crippen LogP) is 4.73. The molecule has 2 aromatic rings. The average Bonchev–Trinajstić information content (AvgIpc) is 2.53. The fraction of sp³-hybridized carbons (Fsp3) is 0.368. The van der Waals surface area contributed by atoms with Gasteiger partial charge in [-0.1, -0.05) is 38.1 Å². The predicted molar refractivity (Wildman–Crippen MR) is 91.7 cm³/mol. The third kappa shape index (κ3) is 4.99. The molecule has 0 unspecified atom stereocenters. The van der Waals surface area contributed by atoms with Crippen LogP contribution in [0.5, 0.6) is 11.5 Å². The van der Waals surface area contributed by atoms with Gasteiger partial charge in [0.2, 0.25) is 0 Å². The summed E-state index contributed by atoms with van der Waals surface area (Å²) in [5.41, 5.74) is 2.18. The van der Waals surface area contributed by atoms with E-state index in [0.29, 0.717) is 5.92 Å². The smallest absolute Gasteiger partial charge is 0.141 e. The van der Waals surface area contributed by atoms with Crippen molar-refractivity contribution in [3.8, 4) is 11.5 Å². The van der Waals surface area contributed by atoms with Crippen molar-refractivity contribution < 1.29 is 9.47 Å². The third-order valence-corrected chi connectivity index (χ3v) is 3.45. The van der Waals surface area contributed by atoms with Crippen molar-refractivity contribution in [2.24, 2.45) is 5.92 Å². The van der Waals surface area contributed by atoms with Crippen LogP contribution in [0.3, 0.4) is 0 Å². The van der Waals surface area contributed by atoms with Gasteiger partial charge in [0, 0.05) is 6.54 Å². The fourth-order valence-corrected chi connectivity index (χ4v) is 2.15. The van der Waals surface area contributed by atoms with E-state index >= 15 is 0 Å². The molecule has 0 heterocycles. The van der Waals surface area contributed by atoms with Crippen LogP contribution in [-0.2, 0) is 6.54 Å². The standard InChI is InChI=1S/C19H25NO2/c1-15(2)11-12-22-17-8-6-7-16(13-17)14-20-18-9-4-5-10-19(18)21-3/h4-10,13,15,20H,11-12,14H2,1-3H3. The molecule has 22 heavy (non-hydrogen) atoms. The first-order chi connectivity index (χ1) is 10.7. The lowest BCUT2D eigenvalue weighted by molar-refractivity contribution is 0.289. The summed E-state index contributed by atoms with van der Waals surface area (Å²) in [5, 5.41) is 3.40. The van der Waals surface area contributed by atoms with E-state index in [4.69, 9.17) is 9.47 Å². The summed E-state index contributed by atoms with van der Waals surface area (Å²) in [7, 11) is 1.68. The highest BCUT2D eigenvalue weighted by Crippen LogP contribution is 2.24. The molecular weight excluding hydrogens is 274 g/mol. The van der Waals surface area contributed by atoms with E-state index in [1.54, 1.807) is 7.11 Å². The molecule has 0 fully saturated rings. The Bertz CT molecular complexity index is 581. The summed E-state index contributed by atoms with van der Waals surface area (Å²) in [6.45, 7) is 5.91. The third-order valence-electron chi connectivity index (χ3n) is 3.45. The van der Waals surface area contributed by atoms with Gasteiger partial charge in [-0.15, -0.1) is 0 Å². The second kappa shape index (κ2) is 8.32. The summed E-state index contributed by atoms with van der Waals surface area (Å²) in [6.07, 6.45) is 1.07. The highest BCUT2D eigenvalue weighted by molar-refractivity contribution is 5.56. The highest BCUT2D eigenvalue weighted by Gasteiger charge is 2.02. The minimum Gasteiger partial charge on any atom is -0.495 e. The highest BCUT2D eigenvalue weighted by atomic mass is 16.5. The van der Waals surface area contributed by atoms with Gasteiger partial charge in [-0.05, 0) is 42.2 Å². The molecule has 0 radical (unpaired) electrons. The van der Waals surface area contributed by atoms with E-state index in [1.165, 1.54) is 5.56 Å². The summed E-state index contributed by atoms with van der Waals surface area (Å²) in [4.78, 5) is 0. The van der Waals surface area contributed by atoms with Crippen LogP contribution < -0.4 is 14.8 Å². The number of rotatable bonds is 8. The van der Waals surface area contributed by atoms with Gasteiger partial charge < -0.3 is 14.8 Å². The van der Waals surface area contributed by atoms with Crippen molar-refractivity contribution in [1.82, 2.24) is 0 Å². The van der Waals surface area contributed by atoms with Crippen molar-refractivity contribution >= 4 is 5.69 Å². The number of para-hydroxylation sites is 2. The first-order valence-corrected chi connectivity index (χ1v) is 7.77. The van der Waals surface area contributed by atoms with Gasteiger partial charge in [-0.3, -0.25) is 0 Å². The number of ether oxygens (including phenoxy) is 2. The monoisotopic (exact) mass is 299 g/mol. The van der Waals surface area contributed by atoms with Crippen LogP contribution in [0.2, 0.25) is 0 Å². The molecule has 118 valence electrons. The molecule has 3 heteroatoms. The Kier molecular flexibility index (Phi) is 6.13. The van der Waals surface area contributed by atoms with Crippen LogP contribution in [0.1, 0.15) is 25.8 Å². The summed E-state index contributed by atoms with van der Waals surface area (Å²) < 4.78 is 11.1. The number of hydrogen-bond donors (Lipinski definition) is 1. The van der Waals surface area contributed by atoms with Crippen molar-refractivity contribution in [3.63, 3.8) is 0 Å². The minimum absolute atomic E-state index is 0.662. The van der Waals surface area contributed by atoms with E-state index in [2.05, 4.69) is 31.3 Å². The molecule has 1 N–H and O–H groups in total. The quantitative estimate of drug-likeness (QED) is 0.764. The van der Waals surface area contributed by atoms with E-state index in [9.17, 15) is 0 Å². The van der Waals surface area contributed by atoms with Crippen LogP contribution >= 0.6 is 0 Å². The zero-order chi connectivity index (χ0) is 15.8. The van der Waals surface area contributed by atoms with Crippen LogP contribution in [-0.4, -0.2) is 13.7 Å². The van der Waals surface area contributed by atoms with Gasteiger partial charge in [0.15, 0.2) is 0 Å². The molecular formula is C19H25NO2. The minimum atomic E-state index is 0.662. The Morgan fingerprint density at radius 1 is 1.05 bits per heavy atom. The van der Waals surface area contributed by atoms with Gasteiger partial charge in [-0.25, -0.2) is 0 Å². The number of hydrogen-bond acceptors (Lipinski definition) is 3. The molecule has 0 aliphatic carbocycles. The second-order valence-electron chi connectivity index (χ2n) is 5.73. The van der Waals surface area contributed by atoms with Crippen molar-refractivity contribution in [2.45, 2.75) is 26.8 Å². The lowest BCUT2D eigenvalue weighted by Crippen LogP contribution is -2.03. The maximum absolute atomic E-state index is 5.80. The Morgan fingerprint density at radius 3 is 2.64 bits per heavy atom. The normalized spacial score (nSPS) is 10.5. The molecule has 0 aromatic heterocycles. The summed E-state index contributed by atoms with van der Waals surface area (Å²) in [6, 6.07) is 16.1. The van der Waals surface area contributed by atoms with Crippen molar-refractivity contribution in [3.05, 3.63) is 54.1 Å². The zero-order valence-electron chi connectivity index (χ0n) is 13.6. The Labute approximate surface area is 133 Å². The van der Waals surface area contributed by atoms with E-state index < -0.39 is 0 Å². The first kappa shape index (κ1) is 16.2. The molecule has 2 aromatic carbocycles. The molecule has 0 atom stereocenters. The number of anilines is 1. The number of nitrogens with one attached hydrogen (secondary N) is 1. The van der Waals surface area contributed by atoms with Gasteiger partial charge in [0.25, 0.3) is 0 Å². The summed E-state index contributed by atoms with van der Waals surface area (Å²) >= 11 is 0. The van der Waals surface area contributed by atoms with E-state index in [0.717, 1.165) is 36.8 Å². The zero-order valence-corrected chi connectivity index (χ0v) is 13.6. The van der Waals surface area contributed by atoms with E-state index in [1.807, 2.05) is 36.4 Å². The Morgan fingerprint density at radius 2 is 1.86 bits per heavy atom. The molecule has 0 bridgehead atoms. The topological polar surface area (TPSA) is 30.5 Å². The molecule has 0 spiro atoms. The first-order valence-electron chi connectivity index (χ1n) is 7.77. The number of benzene rings is 2. The van der Waals surface area contributed by atoms with Crippen LogP contribution in [0.4, 0.5) is 5.69 Å². The molecule has 0 aliphatic heterocycles. The maximum atomic E-state index is 5.80. The van der Waals surface area contributed by atoms with Crippen molar-refractivity contribution in [1.29, 1.82) is 0 Å². The second-order valence-corrected chi connectivity index (χ2v) is 5.73. The number of methoxy groups -OCH3 is 1. The van der Waals surface area contributed by atoms with Crippen molar-refractivity contribution in [2.75, 3.05) is 19.0 Å². The van der Waals surface area contributed by atoms with E-state index in [-0.39, 0.29) is 0 Å². The molecule has 0 saturated carbocycles. The largest absolute Gasteiger partial charge is 0.495 e. The van der Waals surface area contributed by atoms with Crippen LogP contribution in [0.25, 0.3) is 0 Å². The average molecular weight is 299 g/mol. The Balaban J connectivity index is 1.92. The van der Waals surface area contributed by atoms with Gasteiger partial charge in [0.1, 0.15) is 11.5 Å². The summed E-state index contributed by atoms with van der Waals surface area (Å²) in [5.74, 6) is 2.45. The SMILES string of the molecule is COc1ccccc1NCc1cccc(OCCC(C)C)c1. The van der Waals surface area contributed by atoms with Gasteiger partial charge >= 0.3 is 0 Å². The van der Waals surface area contributed by atoms with Crippen LogP contribution in [0, 0.1) is 5.92 Å². The molecule has 2 rings (SSSR count). The fourth-order valence-electron chi connectivity index (χ4n) is 2.15. The Hall–Kier alpha value is -2.16. The lowest BCUT2D eigenvalue weighted by atomic mass is 10.1. The van der Waals surface area contributed by atoms with Gasteiger partial charge in [-0.2, -0.15) is 0 Å². The maximum Gasteiger partial charge on any atom is 0.141 e. The lowest BCUT2D eigenvalue weighted by Gasteiger charge is -2.12.